The zero-order valence-corrected chi connectivity index (χ0v) is 20.4. The van der Waals surface area contributed by atoms with Gasteiger partial charge in [0.2, 0.25) is 5.95 Å². The molecule has 0 saturated carbocycles. The lowest BCUT2D eigenvalue weighted by molar-refractivity contribution is 0.122. The Bertz CT molecular complexity index is 1230. The summed E-state index contributed by atoms with van der Waals surface area (Å²) in [4.78, 5) is 14.9. The van der Waals surface area contributed by atoms with Gasteiger partial charge in [-0.15, -0.1) is 0 Å². The number of anilines is 2. The summed E-state index contributed by atoms with van der Waals surface area (Å²) in [6.45, 7) is 7.93. The third-order valence-corrected chi connectivity index (χ3v) is 6.90. The van der Waals surface area contributed by atoms with E-state index in [1.807, 2.05) is 29.1 Å². The van der Waals surface area contributed by atoms with Crippen LogP contribution < -0.4 is 15.3 Å². The summed E-state index contributed by atoms with van der Waals surface area (Å²) in [6, 6.07) is 10.8. The van der Waals surface area contributed by atoms with Gasteiger partial charge < -0.3 is 9.64 Å². The second-order valence-corrected chi connectivity index (χ2v) is 9.55. The minimum absolute atomic E-state index is 0.105. The largest absolute Gasteiger partial charge is 0.378 e. The molecule has 1 fully saturated rings. The Hall–Kier alpha value is -3.27. The van der Waals surface area contributed by atoms with Gasteiger partial charge in [-0.3, -0.25) is 14.6 Å². The Morgan fingerprint density at radius 3 is 2.80 bits per heavy atom. The van der Waals surface area contributed by atoms with Crippen LogP contribution in [0.2, 0.25) is 0 Å². The fourth-order valence-corrected chi connectivity index (χ4v) is 5.04. The SMILES string of the molecule is Cc1cccc(C2C=CN(c3nc4c(c(N5CCOCC5)n3)CN(CCc3ccn(C)n3)C4)N2)c1. The number of hydrogen-bond acceptors (Lipinski definition) is 8. The topological polar surface area (TPSA) is 74.6 Å². The zero-order valence-electron chi connectivity index (χ0n) is 20.4. The number of hydrogen-bond donors (Lipinski definition) is 1. The van der Waals surface area contributed by atoms with E-state index in [9.17, 15) is 0 Å². The molecule has 1 aromatic carbocycles. The van der Waals surface area contributed by atoms with Crippen molar-refractivity contribution in [2.24, 2.45) is 7.05 Å². The summed E-state index contributed by atoms with van der Waals surface area (Å²) in [6.07, 6.45) is 7.14. The van der Waals surface area contributed by atoms with E-state index >= 15 is 0 Å². The number of nitrogens with one attached hydrogen (secondary N) is 1. The Balaban J connectivity index is 1.24. The van der Waals surface area contributed by atoms with Crippen LogP contribution in [0.25, 0.3) is 0 Å². The van der Waals surface area contributed by atoms with Crippen molar-refractivity contribution >= 4 is 11.8 Å². The fourth-order valence-electron chi connectivity index (χ4n) is 5.04. The normalized spacial score (nSPS) is 20.1. The highest BCUT2D eigenvalue weighted by molar-refractivity contribution is 5.56. The molecule has 0 bridgehead atoms. The van der Waals surface area contributed by atoms with Crippen LogP contribution in [0, 0.1) is 6.92 Å². The van der Waals surface area contributed by atoms with Gasteiger partial charge in [0, 0.05) is 64.2 Å². The van der Waals surface area contributed by atoms with Gasteiger partial charge in [-0.25, -0.2) is 10.4 Å². The van der Waals surface area contributed by atoms with E-state index in [4.69, 9.17) is 14.7 Å². The van der Waals surface area contributed by atoms with Crippen molar-refractivity contribution in [3.8, 4) is 0 Å². The molecule has 182 valence electrons. The van der Waals surface area contributed by atoms with E-state index in [1.165, 1.54) is 16.7 Å². The molecule has 6 rings (SSSR count). The van der Waals surface area contributed by atoms with Crippen LogP contribution in [-0.2, 0) is 31.3 Å². The Labute approximate surface area is 206 Å². The smallest absolute Gasteiger partial charge is 0.246 e. The van der Waals surface area contributed by atoms with Crippen molar-refractivity contribution in [1.82, 2.24) is 30.1 Å². The second kappa shape index (κ2) is 9.41. The second-order valence-electron chi connectivity index (χ2n) is 9.55. The lowest BCUT2D eigenvalue weighted by Gasteiger charge is -2.30. The van der Waals surface area contributed by atoms with Crippen molar-refractivity contribution in [3.05, 3.63) is 76.9 Å². The highest BCUT2D eigenvalue weighted by Gasteiger charge is 2.30. The number of benzene rings is 1. The Morgan fingerprint density at radius 1 is 1.11 bits per heavy atom. The number of nitrogens with zero attached hydrogens (tertiary/aromatic N) is 7. The van der Waals surface area contributed by atoms with Crippen molar-refractivity contribution < 1.29 is 4.74 Å². The van der Waals surface area contributed by atoms with E-state index < -0.39 is 0 Å². The first-order valence-corrected chi connectivity index (χ1v) is 12.4. The van der Waals surface area contributed by atoms with Crippen LogP contribution in [0.5, 0.6) is 0 Å². The fraction of sp³-hybridized carbons (Fsp3) is 0.423. The zero-order chi connectivity index (χ0) is 23.8. The number of ether oxygens (including phenoxy) is 1. The predicted molar refractivity (Wildman–Crippen MR) is 135 cm³/mol. The molecule has 0 aliphatic carbocycles. The highest BCUT2D eigenvalue weighted by atomic mass is 16.5. The molecule has 3 aliphatic heterocycles. The van der Waals surface area contributed by atoms with E-state index in [0.717, 1.165) is 69.6 Å². The van der Waals surface area contributed by atoms with Gasteiger partial charge in [-0.2, -0.15) is 10.1 Å². The molecular weight excluding hydrogens is 440 g/mol. The molecule has 1 atom stereocenters. The molecule has 9 heteroatoms. The molecule has 1 unspecified atom stereocenters. The van der Waals surface area contributed by atoms with Crippen LogP contribution in [0.3, 0.4) is 0 Å². The molecule has 1 saturated heterocycles. The lowest BCUT2D eigenvalue weighted by atomic mass is 10.1. The average molecular weight is 473 g/mol. The summed E-state index contributed by atoms with van der Waals surface area (Å²) in [5.74, 6) is 1.74. The molecule has 9 nitrogen and oxygen atoms in total. The average Bonchev–Trinajstić information content (AvgIpc) is 3.62. The molecular formula is C26H32N8O. The van der Waals surface area contributed by atoms with E-state index in [2.05, 4.69) is 63.7 Å². The summed E-state index contributed by atoms with van der Waals surface area (Å²) < 4.78 is 7.48. The third kappa shape index (κ3) is 4.67. The third-order valence-electron chi connectivity index (χ3n) is 6.90. The van der Waals surface area contributed by atoms with Crippen molar-refractivity contribution in [3.63, 3.8) is 0 Å². The number of morpholine rings is 1. The van der Waals surface area contributed by atoms with Crippen LogP contribution >= 0.6 is 0 Å². The number of fused-ring (bicyclic) bond motifs is 1. The van der Waals surface area contributed by atoms with Gasteiger partial charge in [0.05, 0.1) is 30.6 Å². The summed E-state index contributed by atoms with van der Waals surface area (Å²) in [5.41, 5.74) is 9.54. The summed E-state index contributed by atoms with van der Waals surface area (Å²) >= 11 is 0. The van der Waals surface area contributed by atoms with Crippen LogP contribution in [0.1, 0.15) is 34.1 Å². The van der Waals surface area contributed by atoms with E-state index in [0.29, 0.717) is 5.95 Å². The van der Waals surface area contributed by atoms with Gasteiger partial charge >= 0.3 is 0 Å². The number of rotatable bonds is 6. The maximum Gasteiger partial charge on any atom is 0.246 e. The summed E-state index contributed by atoms with van der Waals surface area (Å²) in [5, 5.41) is 6.50. The minimum Gasteiger partial charge on any atom is -0.378 e. The van der Waals surface area contributed by atoms with Crippen molar-refractivity contribution in [1.29, 1.82) is 0 Å². The van der Waals surface area contributed by atoms with Crippen molar-refractivity contribution in [2.75, 3.05) is 42.8 Å². The van der Waals surface area contributed by atoms with E-state index in [1.54, 1.807) is 0 Å². The molecule has 0 amide bonds. The summed E-state index contributed by atoms with van der Waals surface area (Å²) in [7, 11) is 1.96. The predicted octanol–water partition coefficient (Wildman–Crippen LogP) is 2.49. The molecule has 1 N–H and O–H groups in total. The lowest BCUT2D eigenvalue weighted by Crippen LogP contribution is -2.38. The molecule has 35 heavy (non-hydrogen) atoms. The highest BCUT2D eigenvalue weighted by Crippen LogP contribution is 2.33. The van der Waals surface area contributed by atoms with Gasteiger partial charge in [-0.1, -0.05) is 29.8 Å². The molecule has 0 radical (unpaired) electrons. The number of aryl methyl sites for hydroxylation is 2. The Morgan fingerprint density at radius 2 is 2.00 bits per heavy atom. The maximum absolute atomic E-state index is 5.62. The molecule has 5 heterocycles. The first-order valence-electron chi connectivity index (χ1n) is 12.4. The molecule has 3 aliphatic rings. The van der Waals surface area contributed by atoms with Crippen LogP contribution in [-0.4, -0.2) is 57.5 Å². The van der Waals surface area contributed by atoms with Crippen LogP contribution in [0.4, 0.5) is 11.8 Å². The minimum atomic E-state index is 0.105. The quantitative estimate of drug-likeness (QED) is 0.587. The Kier molecular flexibility index (Phi) is 5.97. The molecule has 0 spiro atoms. The van der Waals surface area contributed by atoms with E-state index in [-0.39, 0.29) is 6.04 Å². The van der Waals surface area contributed by atoms with Gasteiger partial charge in [0.25, 0.3) is 0 Å². The maximum atomic E-state index is 5.62. The monoisotopic (exact) mass is 472 g/mol. The molecule has 2 aromatic heterocycles. The first-order chi connectivity index (χ1) is 17.1. The van der Waals surface area contributed by atoms with Crippen molar-refractivity contribution in [2.45, 2.75) is 32.5 Å². The van der Waals surface area contributed by atoms with Gasteiger partial charge in [-0.05, 0) is 24.6 Å². The molecule has 3 aromatic rings. The van der Waals surface area contributed by atoms with Gasteiger partial charge in [0.15, 0.2) is 0 Å². The number of aromatic nitrogens is 4. The first kappa shape index (κ1) is 22.2. The van der Waals surface area contributed by atoms with Gasteiger partial charge in [0.1, 0.15) is 5.82 Å². The van der Waals surface area contributed by atoms with Crippen LogP contribution in [0.15, 0.2) is 48.8 Å². The number of hydrazine groups is 1. The standard InChI is InChI=1S/C26H32N8O/c1-19-4-3-5-20(16-19)23-8-11-34(30-23)26-27-24-18-32(10-7-21-6-9-31(2)29-21)17-22(24)25(28-26)33-12-14-35-15-13-33/h3-6,8-9,11,16,23,30H,7,10,12-15,17-18H2,1-2H3.